The van der Waals surface area contributed by atoms with Crippen LogP contribution in [0.15, 0.2) is 53.4 Å². The van der Waals surface area contributed by atoms with Gasteiger partial charge in [0, 0.05) is 0 Å². The van der Waals surface area contributed by atoms with Gasteiger partial charge < -0.3 is 10.6 Å². The fraction of sp³-hybridized carbons (Fsp3) is 0.300. The van der Waals surface area contributed by atoms with Crippen molar-refractivity contribution < 1.29 is 18.0 Å². The van der Waals surface area contributed by atoms with Crippen LogP contribution in [0.4, 0.5) is 5.69 Å². The Bertz CT molecular complexity index is 985. The van der Waals surface area contributed by atoms with E-state index in [4.69, 9.17) is 11.6 Å². The first-order chi connectivity index (χ1) is 14.2. The lowest BCUT2D eigenvalue weighted by molar-refractivity contribution is -0.125. The molecule has 0 aliphatic rings. The summed E-state index contributed by atoms with van der Waals surface area (Å²) in [5.41, 5.74) is 1.39. The number of amides is 2. The number of halogens is 1. The van der Waals surface area contributed by atoms with Crippen molar-refractivity contribution in [2.45, 2.75) is 24.3 Å². The van der Waals surface area contributed by atoms with Crippen LogP contribution in [0.25, 0.3) is 0 Å². The van der Waals surface area contributed by atoms with Gasteiger partial charge in [-0.1, -0.05) is 35.9 Å². The standard InChI is InChI=1S/C20H24ClN3O4S2/c1-14-8-9-17(16(21)12-14)23-19(25)13-22-20(26)18(10-11-29-2)24-30(27,28)15-6-4-3-5-7-15/h3-9,12,18,24H,10-11,13H2,1-2H3,(H,22,26)(H,23,25). The molecule has 0 saturated heterocycles. The van der Waals surface area contributed by atoms with E-state index in [9.17, 15) is 18.0 Å². The molecule has 7 nitrogen and oxygen atoms in total. The van der Waals surface area contributed by atoms with Crippen molar-refractivity contribution in [3.05, 3.63) is 59.1 Å². The summed E-state index contributed by atoms with van der Waals surface area (Å²) in [6.45, 7) is 1.56. The highest BCUT2D eigenvalue weighted by Gasteiger charge is 2.25. The van der Waals surface area contributed by atoms with E-state index >= 15 is 0 Å². The van der Waals surface area contributed by atoms with Crippen molar-refractivity contribution in [3.8, 4) is 0 Å². The number of rotatable bonds is 10. The fourth-order valence-corrected chi connectivity index (χ4v) is 4.55. The predicted molar refractivity (Wildman–Crippen MR) is 121 cm³/mol. The van der Waals surface area contributed by atoms with E-state index in [1.54, 1.807) is 36.4 Å². The Balaban J connectivity index is 2.00. The number of anilines is 1. The van der Waals surface area contributed by atoms with Gasteiger partial charge >= 0.3 is 0 Å². The van der Waals surface area contributed by atoms with Crippen molar-refractivity contribution in [1.29, 1.82) is 0 Å². The van der Waals surface area contributed by atoms with Gasteiger partial charge in [0.25, 0.3) is 0 Å². The number of aryl methyl sites for hydroxylation is 1. The first-order valence-corrected chi connectivity index (χ1v) is 12.4. The molecule has 162 valence electrons. The molecule has 2 rings (SSSR count). The second kappa shape index (κ2) is 11.4. The van der Waals surface area contributed by atoms with Crippen molar-refractivity contribution >= 4 is 50.9 Å². The lowest BCUT2D eigenvalue weighted by atomic mass is 10.2. The molecule has 0 heterocycles. The van der Waals surface area contributed by atoms with Gasteiger partial charge in [0.1, 0.15) is 6.04 Å². The molecule has 2 aromatic rings. The van der Waals surface area contributed by atoms with Crippen molar-refractivity contribution in [2.75, 3.05) is 23.9 Å². The molecule has 3 N–H and O–H groups in total. The van der Waals surface area contributed by atoms with Gasteiger partial charge in [-0.25, -0.2) is 8.42 Å². The Hall–Kier alpha value is -2.07. The number of benzene rings is 2. The minimum atomic E-state index is -3.87. The average molecular weight is 470 g/mol. The van der Waals surface area contributed by atoms with E-state index in [0.29, 0.717) is 16.5 Å². The Labute approximate surface area is 186 Å². The molecule has 0 radical (unpaired) electrons. The van der Waals surface area contributed by atoms with Gasteiger partial charge in [-0.3, -0.25) is 9.59 Å². The smallest absolute Gasteiger partial charge is 0.243 e. The highest BCUT2D eigenvalue weighted by molar-refractivity contribution is 7.98. The van der Waals surface area contributed by atoms with Crippen LogP contribution >= 0.6 is 23.4 Å². The normalized spacial score (nSPS) is 12.2. The van der Waals surface area contributed by atoms with Crippen LogP contribution < -0.4 is 15.4 Å². The van der Waals surface area contributed by atoms with Crippen LogP contribution in [0.5, 0.6) is 0 Å². The van der Waals surface area contributed by atoms with Crippen LogP contribution in [-0.4, -0.2) is 44.8 Å². The highest BCUT2D eigenvalue weighted by atomic mass is 35.5. The number of thioether (sulfide) groups is 1. The molecule has 0 spiro atoms. The van der Waals surface area contributed by atoms with Crippen LogP contribution in [0.1, 0.15) is 12.0 Å². The maximum absolute atomic E-state index is 12.6. The van der Waals surface area contributed by atoms with Gasteiger partial charge in [-0.05, 0) is 55.2 Å². The molecule has 2 amide bonds. The van der Waals surface area contributed by atoms with Crippen LogP contribution in [0.3, 0.4) is 0 Å². The largest absolute Gasteiger partial charge is 0.346 e. The molecule has 0 fully saturated rings. The predicted octanol–water partition coefficient (Wildman–Crippen LogP) is 2.80. The zero-order chi connectivity index (χ0) is 22.1. The second-order valence-electron chi connectivity index (χ2n) is 6.52. The molecule has 0 bridgehead atoms. The molecule has 0 aromatic heterocycles. The lowest BCUT2D eigenvalue weighted by Gasteiger charge is -2.18. The first-order valence-electron chi connectivity index (χ1n) is 9.13. The highest BCUT2D eigenvalue weighted by Crippen LogP contribution is 2.22. The van der Waals surface area contributed by atoms with Gasteiger partial charge in [-0.2, -0.15) is 16.5 Å². The molecule has 1 unspecified atom stereocenters. The molecule has 2 aromatic carbocycles. The SMILES string of the molecule is CSCCC(NS(=O)(=O)c1ccccc1)C(=O)NCC(=O)Nc1ccc(C)cc1Cl. The van der Waals surface area contributed by atoms with Gasteiger partial charge in [0.15, 0.2) is 0 Å². The quantitative estimate of drug-likeness (QED) is 0.496. The van der Waals surface area contributed by atoms with E-state index in [1.165, 1.54) is 23.9 Å². The molecular weight excluding hydrogens is 446 g/mol. The van der Waals surface area contributed by atoms with Gasteiger partial charge in [0.05, 0.1) is 22.2 Å². The summed E-state index contributed by atoms with van der Waals surface area (Å²) >= 11 is 7.58. The Morgan fingerprint density at radius 3 is 2.47 bits per heavy atom. The van der Waals surface area contributed by atoms with Crippen LogP contribution in [-0.2, 0) is 19.6 Å². The molecule has 10 heteroatoms. The second-order valence-corrected chi connectivity index (χ2v) is 9.62. The maximum Gasteiger partial charge on any atom is 0.243 e. The average Bonchev–Trinajstić information content (AvgIpc) is 2.72. The van der Waals surface area contributed by atoms with E-state index < -0.39 is 27.9 Å². The summed E-state index contributed by atoms with van der Waals surface area (Å²) in [5, 5.41) is 5.50. The summed E-state index contributed by atoms with van der Waals surface area (Å²) in [6.07, 6.45) is 2.14. The number of nitrogens with one attached hydrogen (secondary N) is 3. The van der Waals surface area contributed by atoms with Crippen molar-refractivity contribution in [1.82, 2.24) is 10.0 Å². The third-order valence-electron chi connectivity index (χ3n) is 4.10. The van der Waals surface area contributed by atoms with E-state index in [-0.39, 0.29) is 17.9 Å². The number of carbonyl (C=O) groups excluding carboxylic acids is 2. The summed E-state index contributed by atoms with van der Waals surface area (Å²) in [4.78, 5) is 24.8. The number of carbonyl (C=O) groups is 2. The summed E-state index contributed by atoms with van der Waals surface area (Å²) in [6, 6.07) is 12.0. The zero-order valence-corrected chi connectivity index (χ0v) is 19.0. The third-order valence-corrected chi connectivity index (χ3v) is 6.54. The molecule has 0 saturated carbocycles. The van der Waals surface area contributed by atoms with Gasteiger partial charge in [0.2, 0.25) is 21.8 Å². The Kier molecular flexibility index (Phi) is 9.16. The molecule has 1 atom stereocenters. The van der Waals surface area contributed by atoms with Crippen molar-refractivity contribution in [3.63, 3.8) is 0 Å². The lowest BCUT2D eigenvalue weighted by Crippen LogP contribution is -2.48. The van der Waals surface area contributed by atoms with Crippen LogP contribution in [0.2, 0.25) is 5.02 Å². The van der Waals surface area contributed by atoms with E-state index in [1.807, 2.05) is 13.2 Å². The van der Waals surface area contributed by atoms with E-state index in [2.05, 4.69) is 15.4 Å². The molecular formula is C20H24ClN3O4S2. The zero-order valence-electron chi connectivity index (χ0n) is 16.6. The minimum Gasteiger partial charge on any atom is -0.346 e. The summed E-state index contributed by atoms with van der Waals surface area (Å²) < 4.78 is 27.6. The number of hydrogen-bond donors (Lipinski definition) is 3. The molecule has 30 heavy (non-hydrogen) atoms. The number of hydrogen-bond acceptors (Lipinski definition) is 5. The maximum atomic E-state index is 12.6. The van der Waals surface area contributed by atoms with E-state index in [0.717, 1.165) is 5.56 Å². The molecule has 0 aliphatic carbocycles. The monoisotopic (exact) mass is 469 g/mol. The van der Waals surface area contributed by atoms with Crippen molar-refractivity contribution in [2.24, 2.45) is 0 Å². The summed E-state index contributed by atoms with van der Waals surface area (Å²) in [5.74, 6) is -0.474. The Morgan fingerprint density at radius 2 is 1.83 bits per heavy atom. The van der Waals surface area contributed by atoms with Gasteiger partial charge in [-0.15, -0.1) is 0 Å². The first kappa shape index (κ1) is 24.2. The van der Waals surface area contributed by atoms with Crippen LogP contribution in [0, 0.1) is 6.92 Å². The third kappa shape index (κ3) is 7.32. The fourth-order valence-electron chi connectivity index (χ4n) is 2.54. The summed E-state index contributed by atoms with van der Waals surface area (Å²) in [7, 11) is -3.87. The minimum absolute atomic E-state index is 0.0682. The topological polar surface area (TPSA) is 104 Å². The molecule has 0 aliphatic heterocycles. The number of sulfonamides is 1. The Morgan fingerprint density at radius 1 is 1.13 bits per heavy atom.